The van der Waals surface area contributed by atoms with E-state index in [0.717, 1.165) is 30.4 Å². The van der Waals surface area contributed by atoms with Gasteiger partial charge in [-0.3, -0.25) is 4.79 Å². The Labute approximate surface area is 159 Å². The highest BCUT2D eigenvalue weighted by molar-refractivity contribution is 5.84. The summed E-state index contributed by atoms with van der Waals surface area (Å²) in [7, 11) is 3.17. The van der Waals surface area contributed by atoms with Gasteiger partial charge in [-0.2, -0.15) is 0 Å². The number of carbonyl (C=O) groups is 2. The molecule has 1 aliphatic carbocycles. The molecule has 7 heteroatoms. The van der Waals surface area contributed by atoms with E-state index in [1.165, 1.54) is 0 Å². The number of ether oxygens (including phenoxy) is 3. The fourth-order valence-corrected chi connectivity index (χ4v) is 3.79. The summed E-state index contributed by atoms with van der Waals surface area (Å²) in [6.07, 6.45) is 4.11. The summed E-state index contributed by atoms with van der Waals surface area (Å²) in [5.41, 5.74) is 0.673. The molecule has 27 heavy (non-hydrogen) atoms. The fraction of sp³-hybridized carbons (Fsp3) is 0.600. The first-order valence-electron chi connectivity index (χ1n) is 9.38. The molecule has 1 saturated carbocycles. The van der Waals surface area contributed by atoms with E-state index in [1.54, 1.807) is 19.1 Å². The molecule has 2 aliphatic rings. The number of hydrogen-bond acceptors (Lipinski definition) is 6. The van der Waals surface area contributed by atoms with Crippen molar-refractivity contribution in [1.29, 1.82) is 0 Å². The van der Waals surface area contributed by atoms with Gasteiger partial charge in [0.2, 0.25) is 0 Å². The molecule has 0 aromatic heterocycles. The van der Waals surface area contributed by atoms with Gasteiger partial charge in [-0.15, -0.1) is 0 Å². The molecule has 0 spiro atoms. The lowest BCUT2D eigenvalue weighted by atomic mass is 9.85. The Hall–Kier alpha value is -2.28. The zero-order valence-electron chi connectivity index (χ0n) is 16.0. The van der Waals surface area contributed by atoms with Crippen molar-refractivity contribution in [2.24, 2.45) is 0 Å². The molecule has 1 amide bonds. The second kappa shape index (κ2) is 8.17. The van der Waals surface area contributed by atoms with Crippen LogP contribution in [0.5, 0.6) is 11.5 Å². The molecule has 1 N–H and O–H groups in total. The predicted molar refractivity (Wildman–Crippen MR) is 97.7 cm³/mol. The zero-order valence-corrected chi connectivity index (χ0v) is 16.0. The van der Waals surface area contributed by atoms with E-state index in [0.29, 0.717) is 43.9 Å². The monoisotopic (exact) mass is 377 g/mol. The number of aliphatic hydroxyl groups is 1. The van der Waals surface area contributed by atoms with Gasteiger partial charge in [0.05, 0.1) is 14.2 Å². The Bertz CT molecular complexity index is 711. The summed E-state index contributed by atoms with van der Waals surface area (Å²) in [5.74, 6) is 0.352. The number of fused-ring (bicyclic) bond motifs is 1. The van der Waals surface area contributed by atoms with Gasteiger partial charge in [0.1, 0.15) is 0 Å². The summed E-state index contributed by atoms with van der Waals surface area (Å²) in [5, 5.41) is 10.4. The number of hydrogen-bond donors (Lipinski definition) is 1. The Morgan fingerprint density at radius 3 is 2.33 bits per heavy atom. The molecule has 1 heterocycles. The van der Waals surface area contributed by atoms with Gasteiger partial charge in [-0.1, -0.05) is 6.42 Å². The van der Waals surface area contributed by atoms with Gasteiger partial charge in [0.15, 0.2) is 23.7 Å². The maximum Gasteiger partial charge on any atom is 0.338 e. The van der Waals surface area contributed by atoms with Crippen LogP contribution in [0.25, 0.3) is 0 Å². The molecule has 1 aliphatic heterocycles. The average molecular weight is 377 g/mol. The normalized spacial score (nSPS) is 18.4. The lowest BCUT2D eigenvalue weighted by Gasteiger charge is -2.31. The zero-order chi connectivity index (χ0) is 19.4. The van der Waals surface area contributed by atoms with Crippen LogP contribution in [0, 0.1) is 0 Å². The third-order valence-corrected chi connectivity index (χ3v) is 5.46. The molecule has 1 aromatic rings. The minimum atomic E-state index is -1.43. The summed E-state index contributed by atoms with van der Waals surface area (Å²) in [6, 6.07) is 3.82. The van der Waals surface area contributed by atoms with Crippen LogP contribution in [0.1, 0.15) is 43.2 Å². The lowest BCUT2D eigenvalue weighted by molar-refractivity contribution is -0.172. The van der Waals surface area contributed by atoms with Gasteiger partial charge >= 0.3 is 5.97 Å². The molecule has 1 aromatic carbocycles. The second-order valence-electron chi connectivity index (χ2n) is 7.21. The Balaban J connectivity index is 1.60. The highest BCUT2D eigenvalue weighted by Crippen LogP contribution is 2.33. The standard InChI is InChI=1S/C20H27NO6/c1-25-16-10-14-6-9-21(12-15(14)11-17(16)26-2)18(22)13-27-19(23)20(24)7-4-3-5-8-20/h10-11,24H,3-9,12-13H2,1-2H3. The molecule has 3 rings (SSSR count). The quantitative estimate of drug-likeness (QED) is 0.788. The van der Waals surface area contributed by atoms with Crippen LogP contribution in [0.2, 0.25) is 0 Å². The van der Waals surface area contributed by atoms with Crippen molar-refractivity contribution in [2.45, 2.75) is 50.7 Å². The Morgan fingerprint density at radius 2 is 1.70 bits per heavy atom. The van der Waals surface area contributed by atoms with E-state index in [1.807, 2.05) is 12.1 Å². The molecule has 1 fully saturated rings. The van der Waals surface area contributed by atoms with Gasteiger partial charge in [-0.05, 0) is 55.4 Å². The van der Waals surface area contributed by atoms with Crippen LogP contribution in [-0.4, -0.2) is 54.9 Å². The molecule has 0 bridgehead atoms. The van der Waals surface area contributed by atoms with Crippen molar-refractivity contribution >= 4 is 11.9 Å². The van der Waals surface area contributed by atoms with E-state index < -0.39 is 11.6 Å². The summed E-state index contributed by atoms with van der Waals surface area (Å²) >= 11 is 0. The van der Waals surface area contributed by atoms with Crippen LogP contribution in [0.3, 0.4) is 0 Å². The van der Waals surface area contributed by atoms with E-state index in [-0.39, 0.29) is 12.5 Å². The SMILES string of the molecule is COc1cc2c(cc1OC)CN(C(=O)COC(=O)C1(O)CCCCC1)CC2. The first-order chi connectivity index (χ1) is 13.0. The highest BCUT2D eigenvalue weighted by atomic mass is 16.6. The largest absolute Gasteiger partial charge is 0.493 e. The highest BCUT2D eigenvalue weighted by Gasteiger charge is 2.39. The maximum absolute atomic E-state index is 12.5. The van der Waals surface area contributed by atoms with E-state index in [9.17, 15) is 14.7 Å². The van der Waals surface area contributed by atoms with Crippen LogP contribution < -0.4 is 9.47 Å². The number of esters is 1. The maximum atomic E-state index is 12.5. The van der Waals surface area contributed by atoms with Gasteiger partial charge in [0, 0.05) is 13.1 Å². The van der Waals surface area contributed by atoms with E-state index in [2.05, 4.69) is 0 Å². The molecule has 0 atom stereocenters. The van der Waals surface area contributed by atoms with Gasteiger partial charge in [-0.25, -0.2) is 4.79 Å². The molecule has 7 nitrogen and oxygen atoms in total. The van der Waals surface area contributed by atoms with Crippen molar-refractivity contribution < 1.29 is 28.9 Å². The number of amides is 1. The van der Waals surface area contributed by atoms with Crippen LogP contribution in [-0.2, 0) is 27.3 Å². The van der Waals surface area contributed by atoms with Crippen molar-refractivity contribution in [2.75, 3.05) is 27.4 Å². The van der Waals surface area contributed by atoms with Gasteiger partial charge in [0.25, 0.3) is 5.91 Å². The lowest BCUT2D eigenvalue weighted by Crippen LogP contribution is -2.44. The van der Waals surface area contributed by atoms with Crippen molar-refractivity contribution in [3.8, 4) is 11.5 Å². The van der Waals surface area contributed by atoms with E-state index in [4.69, 9.17) is 14.2 Å². The van der Waals surface area contributed by atoms with Gasteiger partial charge < -0.3 is 24.2 Å². The summed E-state index contributed by atoms with van der Waals surface area (Å²) < 4.78 is 15.8. The van der Waals surface area contributed by atoms with Crippen molar-refractivity contribution in [3.05, 3.63) is 23.3 Å². The first kappa shape index (κ1) is 19.5. The molecule has 0 saturated heterocycles. The molecule has 148 valence electrons. The minimum absolute atomic E-state index is 0.261. The predicted octanol–water partition coefficient (Wildman–Crippen LogP) is 1.83. The molecular formula is C20H27NO6. The van der Waals surface area contributed by atoms with E-state index >= 15 is 0 Å². The third-order valence-electron chi connectivity index (χ3n) is 5.46. The van der Waals surface area contributed by atoms with Crippen LogP contribution in [0.15, 0.2) is 12.1 Å². The summed E-state index contributed by atoms with van der Waals surface area (Å²) in [4.78, 5) is 26.3. The second-order valence-corrected chi connectivity index (χ2v) is 7.21. The number of nitrogens with zero attached hydrogens (tertiary/aromatic N) is 1. The fourth-order valence-electron chi connectivity index (χ4n) is 3.79. The number of methoxy groups -OCH3 is 2. The number of benzene rings is 1. The van der Waals surface area contributed by atoms with Crippen LogP contribution in [0.4, 0.5) is 0 Å². The smallest absolute Gasteiger partial charge is 0.338 e. The molecular weight excluding hydrogens is 350 g/mol. The van der Waals surface area contributed by atoms with Crippen molar-refractivity contribution in [1.82, 2.24) is 4.90 Å². The Morgan fingerprint density at radius 1 is 1.07 bits per heavy atom. The van der Waals surface area contributed by atoms with Crippen LogP contribution >= 0.6 is 0 Å². The topological polar surface area (TPSA) is 85.3 Å². The Kier molecular flexibility index (Phi) is 5.89. The minimum Gasteiger partial charge on any atom is -0.493 e. The summed E-state index contributed by atoms with van der Waals surface area (Å²) in [6.45, 7) is 0.628. The number of carbonyl (C=O) groups excluding carboxylic acids is 2. The molecule has 0 unspecified atom stereocenters. The van der Waals surface area contributed by atoms with Crippen molar-refractivity contribution in [3.63, 3.8) is 0 Å². The number of rotatable bonds is 5. The first-order valence-corrected chi connectivity index (χ1v) is 9.38. The molecule has 0 radical (unpaired) electrons. The average Bonchev–Trinajstić information content (AvgIpc) is 2.70. The third kappa shape index (κ3) is 4.18.